The van der Waals surface area contributed by atoms with Gasteiger partial charge in [-0.1, -0.05) is 6.92 Å². The largest absolute Gasteiger partial charge is 0.495 e. The number of benzene rings is 1. The monoisotopic (exact) mass is 357 g/mol. The maximum atomic E-state index is 6.06. The van der Waals surface area contributed by atoms with Gasteiger partial charge < -0.3 is 19.5 Å². The summed E-state index contributed by atoms with van der Waals surface area (Å²) in [6.45, 7) is 5.12. The molecule has 1 aromatic rings. The van der Waals surface area contributed by atoms with Crippen molar-refractivity contribution < 1.29 is 14.2 Å². The number of methoxy groups -OCH3 is 2. The highest BCUT2D eigenvalue weighted by molar-refractivity contribution is 9.10. The van der Waals surface area contributed by atoms with Crippen LogP contribution in [0.5, 0.6) is 11.5 Å². The van der Waals surface area contributed by atoms with Gasteiger partial charge in [-0.3, -0.25) is 0 Å². The van der Waals surface area contributed by atoms with Crippen molar-refractivity contribution in [2.75, 3.05) is 20.8 Å². The Balaban J connectivity index is 2.37. The molecule has 0 spiro atoms. The normalized spacial score (nSPS) is 23.1. The van der Waals surface area contributed by atoms with Crippen LogP contribution in [0.1, 0.15) is 38.3 Å². The van der Waals surface area contributed by atoms with Gasteiger partial charge in [0, 0.05) is 5.56 Å². The summed E-state index contributed by atoms with van der Waals surface area (Å²) in [5.74, 6) is 1.58. The summed E-state index contributed by atoms with van der Waals surface area (Å²) < 4.78 is 17.9. The van der Waals surface area contributed by atoms with E-state index in [2.05, 4.69) is 41.2 Å². The second-order valence-corrected chi connectivity index (χ2v) is 6.10. The number of nitrogens with one attached hydrogen (secondary N) is 1. The molecule has 3 unspecified atom stereocenters. The third-order valence-corrected chi connectivity index (χ3v) is 4.66. The number of rotatable bonds is 6. The predicted molar refractivity (Wildman–Crippen MR) is 87.2 cm³/mol. The van der Waals surface area contributed by atoms with Crippen LogP contribution in [0.25, 0.3) is 0 Å². The Kier molecular flexibility index (Phi) is 5.90. The highest BCUT2D eigenvalue weighted by atomic mass is 79.9. The van der Waals surface area contributed by atoms with E-state index >= 15 is 0 Å². The SMILES string of the molecule is CCNC(c1ccc(OC)c(Br)c1OC)C1CCC(C)O1. The molecule has 0 radical (unpaired) electrons. The Bertz CT molecular complexity index is 481. The average molecular weight is 358 g/mol. The zero-order chi connectivity index (χ0) is 15.4. The second-order valence-electron chi connectivity index (χ2n) is 5.30. The lowest BCUT2D eigenvalue weighted by atomic mass is 9.98. The Morgan fingerprint density at radius 1 is 1.33 bits per heavy atom. The molecule has 118 valence electrons. The summed E-state index contributed by atoms with van der Waals surface area (Å²) in [4.78, 5) is 0. The summed E-state index contributed by atoms with van der Waals surface area (Å²) in [5.41, 5.74) is 1.10. The molecule has 4 nitrogen and oxygen atoms in total. The molecule has 0 bridgehead atoms. The summed E-state index contributed by atoms with van der Waals surface area (Å²) in [6.07, 6.45) is 2.66. The Labute approximate surface area is 135 Å². The van der Waals surface area contributed by atoms with E-state index in [0.717, 1.165) is 40.9 Å². The third kappa shape index (κ3) is 3.52. The zero-order valence-electron chi connectivity index (χ0n) is 13.1. The molecule has 3 atom stereocenters. The van der Waals surface area contributed by atoms with Gasteiger partial charge in [0.25, 0.3) is 0 Å². The molecular weight excluding hydrogens is 334 g/mol. The van der Waals surface area contributed by atoms with Crippen molar-refractivity contribution in [2.45, 2.75) is 44.9 Å². The molecule has 0 aliphatic carbocycles. The molecule has 1 fully saturated rings. The van der Waals surface area contributed by atoms with Crippen LogP contribution in [0.3, 0.4) is 0 Å². The summed E-state index contributed by atoms with van der Waals surface area (Å²) in [5, 5.41) is 3.53. The fraction of sp³-hybridized carbons (Fsp3) is 0.625. The lowest BCUT2D eigenvalue weighted by molar-refractivity contribution is 0.0314. The number of ether oxygens (including phenoxy) is 3. The first-order chi connectivity index (χ1) is 10.1. The van der Waals surface area contributed by atoms with Crippen LogP contribution in [0.2, 0.25) is 0 Å². The second kappa shape index (κ2) is 7.47. The minimum atomic E-state index is 0.122. The molecule has 1 saturated heterocycles. The smallest absolute Gasteiger partial charge is 0.141 e. The molecule has 1 heterocycles. The van der Waals surface area contributed by atoms with Gasteiger partial charge in [0.05, 0.1) is 32.5 Å². The Morgan fingerprint density at radius 2 is 2.10 bits per heavy atom. The summed E-state index contributed by atoms with van der Waals surface area (Å²) >= 11 is 3.57. The standard InChI is InChI=1S/C16H24BrNO3/c1-5-18-15(13-8-6-10(2)21-13)11-7-9-12(19-3)14(17)16(11)20-4/h7,9-10,13,15,18H,5-6,8H2,1-4H3. The lowest BCUT2D eigenvalue weighted by Gasteiger charge is -2.27. The van der Waals surface area contributed by atoms with Crippen LogP contribution in [-0.4, -0.2) is 33.0 Å². The quantitative estimate of drug-likeness (QED) is 0.842. The number of halogens is 1. The van der Waals surface area contributed by atoms with Crippen molar-refractivity contribution >= 4 is 15.9 Å². The maximum absolute atomic E-state index is 6.06. The molecule has 1 N–H and O–H groups in total. The van der Waals surface area contributed by atoms with E-state index in [-0.39, 0.29) is 12.1 Å². The van der Waals surface area contributed by atoms with Crippen LogP contribution in [0.4, 0.5) is 0 Å². The number of hydrogen-bond acceptors (Lipinski definition) is 4. The zero-order valence-corrected chi connectivity index (χ0v) is 14.7. The van der Waals surface area contributed by atoms with Gasteiger partial charge in [0.2, 0.25) is 0 Å². The van der Waals surface area contributed by atoms with Gasteiger partial charge in [-0.15, -0.1) is 0 Å². The van der Waals surface area contributed by atoms with Crippen molar-refractivity contribution in [3.63, 3.8) is 0 Å². The van der Waals surface area contributed by atoms with E-state index < -0.39 is 0 Å². The maximum Gasteiger partial charge on any atom is 0.141 e. The van der Waals surface area contributed by atoms with Crippen molar-refractivity contribution in [1.29, 1.82) is 0 Å². The van der Waals surface area contributed by atoms with Crippen molar-refractivity contribution in [1.82, 2.24) is 5.32 Å². The Hall–Kier alpha value is -0.780. The fourth-order valence-electron chi connectivity index (χ4n) is 2.90. The third-order valence-electron chi connectivity index (χ3n) is 3.91. The number of likely N-dealkylation sites (N-methyl/N-ethyl adjacent to an activating group) is 1. The molecule has 0 saturated carbocycles. The molecule has 1 aliphatic heterocycles. The summed E-state index contributed by atoms with van der Waals surface area (Å²) in [6, 6.07) is 4.14. The molecule has 1 aliphatic rings. The first-order valence-electron chi connectivity index (χ1n) is 7.41. The van der Waals surface area contributed by atoms with Crippen LogP contribution in [-0.2, 0) is 4.74 Å². The van der Waals surface area contributed by atoms with Gasteiger partial charge in [-0.2, -0.15) is 0 Å². The molecule has 0 aromatic heterocycles. The average Bonchev–Trinajstić information content (AvgIpc) is 2.91. The van der Waals surface area contributed by atoms with Crippen molar-refractivity contribution in [3.05, 3.63) is 22.2 Å². The minimum Gasteiger partial charge on any atom is -0.495 e. The summed E-state index contributed by atoms with van der Waals surface area (Å²) in [7, 11) is 3.34. The molecule has 1 aromatic carbocycles. The van der Waals surface area contributed by atoms with E-state index in [0.29, 0.717) is 6.10 Å². The van der Waals surface area contributed by atoms with E-state index in [1.54, 1.807) is 14.2 Å². The molecular formula is C16H24BrNO3. The minimum absolute atomic E-state index is 0.122. The highest BCUT2D eigenvalue weighted by Crippen LogP contribution is 2.42. The van der Waals surface area contributed by atoms with Crippen LogP contribution < -0.4 is 14.8 Å². The van der Waals surface area contributed by atoms with Gasteiger partial charge in [0.1, 0.15) is 16.0 Å². The molecule has 0 amide bonds. The van der Waals surface area contributed by atoms with Gasteiger partial charge >= 0.3 is 0 Å². The predicted octanol–water partition coefficient (Wildman–Crippen LogP) is 3.68. The van der Waals surface area contributed by atoms with E-state index in [1.165, 1.54) is 0 Å². The highest BCUT2D eigenvalue weighted by Gasteiger charge is 2.32. The fourth-order valence-corrected chi connectivity index (χ4v) is 3.59. The first-order valence-corrected chi connectivity index (χ1v) is 8.20. The van der Waals surface area contributed by atoms with Gasteiger partial charge in [0.15, 0.2) is 0 Å². The molecule has 5 heteroatoms. The van der Waals surface area contributed by atoms with E-state index in [4.69, 9.17) is 14.2 Å². The van der Waals surface area contributed by atoms with Gasteiger partial charge in [-0.05, 0) is 54.4 Å². The van der Waals surface area contributed by atoms with Crippen LogP contribution >= 0.6 is 15.9 Å². The van der Waals surface area contributed by atoms with Crippen molar-refractivity contribution in [2.24, 2.45) is 0 Å². The van der Waals surface area contributed by atoms with Crippen LogP contribution in [0.15, 0.2) is 16.6 Å². The number of hydrogen-bond donors (Lipinski definition) is 1. The molecule has 21 heavy (non-hydrogen) atoms. The van der Waals surface area contributed by atoms with Crippen molar-refractivity contribution in [3.8, 4) is 11.5 Å². The lowest BCUT2D eigenvalue weighted by Crippen LogP contribution is -2.32. The topological polar surface area (TPSA) is 39.7 Å². The van der Waals surface area contributed by atoms with E-state index in [1.807, 2.05) is 6.07 Å². The van der Waals surface area contributed by atoms with Gasteiger partial charge in [-0.25, -0.2) is 0 Å². The van der Waals surface area contributed by atoms with Crippen LogP contribution in [0, 0.1) is 0 Å². The van der Waals surface area contributed by atoms with E-state index in [9.17, 15) is 0 Å². The molecule has 2 rings (SSSR count). The Morgan fingerprint density at radius 3 is 2.62 bits per heavy atom. The first kappa shape index (κ1) is 16.6.